The van der Waals surface area contributed by atoms with Gasteiger partial charge in [-0.05, 0) is 37.6 Å². The van der Waals surface area contributed by atoms with Gasteiger partial charge in [-0.3, -0.25) is 0 Å². The first kappa shape index (κ1) is 14.3. The van der Waals surface area contributed by atoms with Crippen LogP contribution in [0.3, 0.4) is 0 Å². The van der Waals surface area contributed by atoms with Crippen molar-refractivity contribution in [2.75, 3.05) is 19.0 Å². The SMILES string of the molecule is CCCc1c(NC)ncnc1-c1ccc(OCC)cc1. The standard InChI is InChI=1S/C16H21N3O/c1-4-6-14-15(18-11-19-16(14)17-3)12-7-9-13(10-8-12)20-5-2/h7-11H,4-6H2,1-3H3,(H,17,18,19). The van der Waals surface area contributed by atoms with E-state index in [-0.39, 0.29) is 0 Å². The topological polar surface area (TPSA) is 47.0 Å². The molecule has 0 aliphatic carbocycles. The van der Waals surface area contributed by atoms with Crippen LogP contribution in [0.4, 0.5) is 5.82 Å². The van der Waals surface area contributed by atoms with Crippen LogP contribution in [0.2, 0.25) is 0 Å². The zero-order valence-corrected chi connectivity index (χ0v) is 12.3. The fourth-order valence-corrected chi connectivity index (χ4v) is 2.24. The van der Waals surface area contributed by atoms with Crippen molar-refractivity contribution < 1.29 is 4.74 Å². The summed E-state index contributed by atoms with van der Waals surface area (Å²) in [5, 5.41) is 3.15. The Hall–Kier alpha value is -2.10. The van der Waals surface area contributed by atoms with Crippen molar-refractivity contribution in [1.82, 2.24) is 9.97 Å². The van der Waals surface area contributed by atoms with E-state index in [0.29, 0.717) is 6.61 Å². The third-order valence-corrected chi connectivity index (χ3v) is 3.12. The van der Waals surface area contributed by atoms with Crippen molar-refractivity contribution >= 4 is 5.82 Å². The molecule has 2 rings (SSSR count). The molecule has 2 aromatic rings. The second-order valence-electron chi connectivity index (χ2n) is 4.51. The van der Waals surface area contributed by atoms with Gasteiger partial charge in [-0.1, -0.05) is 13.3 Å². The minimum absolute atomic E-state index is 0.678. The minimum atomic E-state index is 0.678. The highest BCUT2D eigenvalue weighted by atomic mass is 16.5. The largest absolute Gasteiger partial charge is 0.494 e. The van der Waals surface area contributed by atoms with Gasteiger partial charge in [0.15, 0.2) is 0 Å². The van der Waals surface area contributed by atoms with Crippen molar-refractivity contribution in [3.63, 3.8) is 0 Å². The normalized spacial score (nSPS) is 10.3. The van der Waals surface area contributed by atoms with Crippen LogP contribution in [0.15, 0.2) is 30.6 Å². The molecule has 0 fully saturated rings. The van der Waals surface area contributed by atoms with Crippen molar-refractivity contribution in [3.8, 4) is 17.0 Å². The predicted molar refractivity (Wildman–Crippen MR) is 82.2 cm³/mol. The molecule has 1 N–H and O–H groups in total. The average molecular weight is 271 g/mol. The van der Waals surface area contributed by atoms with Crippen molar-refractivity contribution in [1.29, 1.82) is 0 Å². The van der Waals surface area contributed by atoms with Gasteiger partial charge < -0.3 is 10.1 Å². The summed E-state index contributed by atoms with van der Waals surface area (Å²) in [7, 11) is 1.89. The molecule has 0 aliphatic heterocycles. The van der Waals surface area contributed by atoms with Gasteiger partial charge in [0.2, 0.25) is 0 Å². The smallest absolute Gasteiger partial charge is 0.132 e. The molecule has 4 heteroatoms. The maximum Gasteiger partial charge on any atom is 0.132 e. The first-order valence-corrected chi connectivity index (χ1v) is 7.05. The van der Waals surface area contributed by atoms with Crippen molar-refractivity contribution in [2.24, 2.45) is 0 Å². The lowest BCUT2D eigenvalue weighted by Crippen LogP contribution is -2.03. The Balaban J connectivity index is 2.40. The lowest BCUT2D eigenvalue weighted by molar-refractivity contribution is 0.340. The second-order valence-corrected chi connectivity index (χ2v) is 4.51. The van der Waals surface area contributed by atoms with Gasteiger partial charge in [0.25, 0.3) is 0 Å². The minimum Gasteiger partial charge on any atom is -0.494 e. The molecular formula is C16H21N3O. The molecule has 0 unspecified atom stereocenters. The summed E-state index contributed by atoms with van der Waals surface area (Å²) in [4.78, 5) is 8.76. The van der Waals surface area contributed by atoms with Gasteiger partial charge in [0, 0.05) is 18.2 Å². The summed E-state index contributed by atoms with van der Waals surface area (Å²) in [6.45, 7) is 4.82. The molecule has 0 saturated heterocycles. The molecule has 4 nitrogen and oxygen atoms in total. The van der Waals surface area contributed by atoms with Crippen LogP contribution in [0, 0.1) is 0 Å². The number of aromatic nitrogens is 2. The lowest BCUT2D eigenvalue weighted by Gasteiger charge is -2.12. The Bertz CT molecular complexity index is 552. The molecule has 20 heavy (non-hydrogen) atoms. The third kappa shape index (κ3) is 3.07. The van der Waals surface area contributed by atoms with Crippen LogP contribution >= 0.6 is 0 Å². The van der Waals surface area contributed by atoms with Gasteiger partial charge in [0.1, 0.15) is 17.9 Å². The van der Waals surface area contributed by atoms with E-state index in [1.54, 1.807) is 6.33 Å². The molecule has 106 valence electrons. The van der Waals surface area contributed by atoms with Gasteiger partial charge in [-0.2, -0.15) is 0 Å². The molecule has 0 aliphatic rings. The summed E-state index contributed by atoms with van der Waals surface area (Å²) < 4.78 is 5.47. The highest BCUT2D eigenvalue weighted by Gasteiger charge is 2.11. The Morgan fingerprint density at radius 3 is 2.45 bits per heavy atom. The monoisotopic (exact) mass is 271 g/mol. The highest BCUT2D eigenvalue weighted by molar-refractivity contribution is 5.68. The van der Waals surface area contributed by atoms with Gasteiger partial charge in [-0.25, -0.2) is 9.97 Å². The van der Waals surface area contributed by atoms with Gasteiger partial charge in [-0.15, -0.1) is 0 Å². The van der Waals surface area contributed by atoms with E-state index < -0.39 is 0 Å². The Labute approximate surface area is 120 Å². The number of nitrogens with zero attached hydrogens (tertiary/aromatic N) is 2. The van der Waals surface area contributed by atoms with Crippen LogP contribution in [0.25, 0.3) is 11.3 Å². The Morgan fingerprint density at radius 2 is 1.85 bits per heavy atom. The average Bonchev–Trinajstić information content (AvgIpc) is 2.49. The van der Waals surface area contributed by atoms with E-state index in [1.807, 2.05) is 38.2 Å². The number of ether oxygens (including phenoxy) is 1. The van der Waals surface area contributed by atoms with E-state index in [9.17, 15) is 0 Å². The van der Waals surface area contributed by atoms with Crippen LogP contribution in [-0.4, -0.2) is 23.6 Å². The Kier molecular flexibility index (Phi) is 4.93. The summed E-state index contributed by atoms with van der Waals surface area (Å²) in [6.07, 6.45) is 3.63. The maximum atomic E-state index is 5.47. The molecule has 0 bridgehead atoms. The molecule has 0 amide bonds. The van der Waals surface area contributed by atoms with Crippen LogP contribution in [-0.2, 0) is 6.42 Å². The van der Waals surface area contributed by atoms with Gasteiger partial charge in [0.05, 0.1) is 12.3 Å². The van der Waals surface area contributed by atoms with Crippen LogP contribution in [0.1, 0.15) is 25.8 Å². The number of hydrogen-bond acceptors (Lipinski definition) is 4. The zero-order chi connectivity index (χ0) is 14.4. The van der Waals surface area contributed by atoms with Gasteiger partial charge >= 0.3 is 0 Å². The molecule has 1 aromatic heterocycles. The number of hydrogen-bond donors (Lipinski definition) is 1. The van der Waals surface area contributed by atoms with E-state index in [1.165, 1.54) is 5.56 Å². The summed E-state index contributed by atoms with van der Waals surface area (Å²) >= 11 is 0. The lowest BCUT2D eigenvalue weighted by atomic mass is 10.0. The molecular weight excluding hydrogens is 250 g/mol. The molecule has 0 saturated carbocycles. The first-order chi connectivity index (χ1) is 9.80. The zero-order valence-electron chi connectivity index (χ0n) is 12.3. The first-order valence-electron chi connectivity index (χ1n) is 7.05. The summed E-state index contributed by atoms with van der Waals surface area (Å²) in [6, 6.07) is 8.06. The summed E-state index contributed by atoms with van der Waals surface area (Å²) in [5.74, 6) is 1.79. The number of rotatable bonds is 6. The van der Waals surface area contributed by atoms with E-state index in [0.717, 1.165) is 35.7 Å². The van der Waals surface area contributed by atoms with Crippen LogP contribution < -0.4 is 10.1 Å². The predicted octanol–water partition coefficient (Wildman–Crippen LogP) is 3.54. The van der Waals surface area contributed by atoms with Crippen LogP contribution in [0.5, 0.6) is 5.75 Å². The number of benzene rings is 1. The third-order valence-electron chi connectivity index (χ3n) is 3.12. The fourth-order valence-electron chi connectivity index (χ4n) is 2.24. The summed E-state index contributed by atoms with van der Waals surface area (Å²) in [5.41, 5.74) is 3.26. The molecule has 0 atom stereocenters. The quantitative estimate of drug-likeness (QED) is 0.873. The maximum absolute atomic E-state index is 5.47. The highest BCUT2D eigenvalue weighted by Crippen LogP contribution is 2.28. The van der Waals surface area contributed by atoms with E-state index in [2.05, 4.69) is 22.2 Å². The second kappa shape index (κ2) is 6.89. The molecule has 1 heterocycles. The number of nitrogens with one attached hydrogen (secondary N) is 1. The van der Waals surface area contributed by atoms with Crippen molar-refractivity contribution in [3.05, 3.63) is 36.2 Å². The molecule has 0 radical (unpaired) electrons. The van der Waals surface area contributed by atoms with E-state index >= 15 is 0 Å². The molecule has 0 spiro atoms. The van der Waals surface area contributed by atoms with Crippen molar-refractivity contribution in [2.45, 2.75) is 26.7 Å². The Morgan fingerprint density at radius 1 is 1.10 bits per heavy atom. The molecule has 1 aromatic carbocycles. The number of anilines is 1. The van der Waals surface area contributed by atoms with E-state index in [4.69, 9.17) is 4.74 Å². The fraction of sp³-hybridized carbons (Fsp3) is 0.375.